The van der Waals surface area contributed by atoms with Gasteiger partial charge in [-0.15, -0.1) is 11.8 Å². The van der Waals surface area contributed by atoms with Gasteiger partial charge in [-0.25, -0.2) is 0 Å². The van der Waals surface area contributed by atoms with Crippen molar-refractivity contribution in [2.45, 2.75) is 37.3 Å². The Kier molecular flexibility index (Phi) is 9.06. The van der Waals surface area contributed by atoms with Crippen LogP contribution in [0, 0.1) is 0 Å². The lowest BCUT2D eigenvalue weighted by Gasteiger charge is -2.23. The fourth-order valence-electron chi connectivity index (χ4n) is 2.73. The first-order valence-electron chi connectivity index (χ1n) is 9.80. The molecule has 0 spiro atoms. The number of hydrogen-bond donors (Lipinski definition) is 1. The summed E-state index contributed by atoms with van der Waals surface area (Å²) in [7, 11) is 3.39. The standard InChI is InChI=1S/C23H30N2O3S/c1-5-20(19-13-9-10-14-21(19)28-15-22(26)25(3)4)24-23(27)17(2)29-16-18-11-7-6-8-12-18/h6-14,17,20H,5,15-16H2,1-4H3,(H,24,27). The largest absolute Gasteiger partial charge is 0.483 e. The van der Waals surface area contributed by atoms with Gasteiger partial charge >= 0.3 is 0 Å². The van der Waals surface area contributed by atoms with Crippen molar-refractivity contribution >= 4 is 23.6 Å². The highest BCUT2D eigenvalue weighted by Crippen LogP contribution is 2.28. The van der Waals surface area contributed by atoms with Crippen molar-refractivity contribution in [3.8, 4) is 5.75 Å². The molecule has 2 rings (SSSR count). The van der Waals surface area contributed by atoms with E-state index in [-0.39, 0.29) is 29.7 Å². The van der Waals surface area contributed by atoms with Gasteiger partial charge in [0.15, 0.2) is 6.61 Å². The summed E-state index contributed by atoms with van der Waals surface area (Å²) in [5, 5.41) is 2.96. The van der Waals surface area contributed by atoms with Crippen LogP contribution in [-0.4, -0.2) is 42.7 Å². The molecule has 0 radical (unpaired) electrons. The molecule has 0 saturated carbocycles. The second kappa shape index (κ2) is 11.5. The number of thioether (sulfide) groups is 1. The fraction of sp³-hybridized carbons (Fsp3) is 0.391. The minimum absolute atomic E-state index is 0.00282. The molecule has 156 valence electrons. The van der Waals surface area contributed by atoms with Gasteiger partial charge in [0.25, 0.3) is 5.91 Å². The number of carbonyl (C=O) groups excluding carboxylic acids is 2. The number of amides is 2. The van der Waals surface area contributed by atoms with Crippen LogP contribution in [0.25, 0.3) is 0 Å². The van der Waals surface area contributed by atoms with Gasteiger partial charge in [-0.3, -0.25) is 9.59 Å². The number of nitrogens with zero attached hydrogens (tertiary/aromatic N) is 1. The molecular formula is C23H30N2O3S. The van der Waals surface area contributed by atoms with E-state index in [1.807, 2.05) is 56.3 Å². The summed E-state index contributed by atoms with van der Waals surface area (Å²) in [6.07, 6.45) is 0.726. The Labute approximate surface area is 177 Å². The van der Waals surface area contributed by atoms with E-state index in [1.54, 1.807) is 25.9 Å². The van der Waals surface area contributed by atoms with Crippen LogP contribution in [0.5, 0.6) is 5.75 Å². The summed E-state index contributed by atoms with van der Waals surface area (Å²) in [5.74, 6) is 1.30. The third kappa shape index (κ3) is 7.13. The Hall–Kier alpha value is -2.47. The molecule has 2 aromatic carbocycles. The quantitative estimate of drug-likeness (QED) is 0.637. The summed E-state index contributed by atoms with van der Waals surface area (Å²) < 4.78 is 5.74. The van der Waals surface area contributed by atoms with E-state index in [0.717, 1.165) is 17.7 Å². The Morgan fingerprint density at radius 3 is 2.38 bits per heavy atom. The summed E-state index contributed by atoms with van der Waals surface area (Å²) >= 11 is 1.61. The van der Waals surface area contributed by atoms with Crippen molar-refractivity contribution in [1.82, 2.24) is 10.2 Å². The van der Waals surface area contributed by atoms with Gasteiger partial charge in [0.05, 0.1) is 11.3 Å². The van der Waals surface area contributed by atoms with Crippen LogP contribution >= 0.6 is 11.8 Å². The van der Waals surface area contributed by atoms with E-state index >= 15 is 0 Å². The van der Waals surface area contributed by atoms with Crippen molar-refractivity contribution in [3.63, 3.8) is 0 Å². The minimum Gasteiger partial charge on any atom is -0.483 e. The topological polar surface area (TPSA) is 58.6 Å². The maximum atomic E-state index is 12.7. The van der Waals surface area contributed by atoms with Crippen LogP contribution in [0.2, 0.25) is 0 Å². The Morgan fingerprint density at radius 2 is 1.72 bits per heavy atom. The van der Waals surface area contributed by atoms with Gasteiger partial charge in [-0.2, -0.15) is 0 Å². The number of rotatable bonds is 10. The molecule has 2 aromatic rings. The number of likely N-dealkylation sites (N-methyl/N-ethyl adjacent to an activating group) is 1. The SMILES string of the molecule is CCC(NC(=O)C(C)SCc1ccccc1)c1ccccc1OCC(=O)N(C)C. The number of ether oxygens (including phenoxy) is 1. The molecule has 1 N–H and O–H groups in total. The second-order valence-corrected chi connectivity index (χ2v) is 8.35. The van der Waals surface area contributed by atoms with Crippen LogP contribution in [0.1, 0.15) is 37.4 Å². The van der Waals surface area contributed by atoms with Crippen LogP contribution in [0.4, 0.5) is 0 Å². The van der Waals surface area contributed by atoms with Crippen LogP contribution < -0.4 is 10.1 Å². The summed E-state index contributed by atoms with van der Waals surface area (Å²) in [6, 6.07) is 17.5. The van der Waals surface area contributed by atoms with Crippen molar-refractivity contribution in [2.24, 2.45) is 0 Å². The van der Waals surface area contributed by atoms with E-state index < -0.39 is 0 Å². The summed E-state index contributed by atoms with van der Waals surface area (Å²) in [5.41, 5.74) is 2.09. The second-order valence-electron chi connectivity index (χ2n) is 7.02. The number of hydrogen-bond acceptors (Lipinski definition) is 4. The Bertz CT molecular complexity index is 796. The Morgan fingerprint density at radius 1 is 1.07 bits per heavy atom. The first-order chi connectivity index (χ1) is 13.9. The first-order valence-corrected chi connectivity index (χ1v) is 10.8. The van der Waals surface area contributed by atoms with Gasteiger partial charge in [0.2, 0.25) is 5.91 Å². The molecule has 0 aliphatic rings. The van der Waals surface area contributed by atoms with E-state index in [4.69, 9.17) is 4.74 Å². The molecule has 5 nitrogen and oxygen atoms in total. The van der Waals surface area contributed by atoms with Gasteiger partial charge in [-0.05, 0) is 25.0 Å². The molecule has 0 fully saturated rings. The predicted molar refractivity (Wildman–Crippen MR) is 119 cm³/mol. The van der Waals surface area contributed by atoms with Gasteiger partial charge < -0.3 is 15.0 Å². The first kappa shape index (κ1) is 22.8. The lowest BCUT2D eigenvalue weighted by molar-refractivity contribution is -0.130. The zero-order valence-corrected chi connectivity index (χ0v) is 18.4. The highest BCUT2D eigenvalue weighted by Gasteiger charge is 2.21. The normalized spacial score (nSPS) is 12.7. The summed E-state index contributed by atoms with van der Waals surface area (Å²) in [4.78, 5) is 26.1. The van der Waals surface area contributed by atoms with Gasteiger partial charge in [-0.1, -0.05) is 55.5 Å². The molecular weight excluding hydrogens is 384 g/mol. The fourth-order valence-corrected chi connectivity index (χ4v) is 3.58. The Balaban J connectivity index is 1.99. The smallest absolute Gasteiger partial charge is 0.259 e. The third-order valence-electron chi connectivity index (χ3n) is 4.58. The monoisotopic (exact) mass is 414 g/mol. The number of carbonyl (C=O) groups is 2. The molecule has 2 amide bonds. The van der Waals surface area contributed by atoms with Crippen LogP contribution in [0.15, 0.2) is 54.6 Å². The van der Waals surface area contributed by atoms with Crippen molar-refractivity contribution in [1.29, 1.82) is 0 Å². The van der Waals surface area contributed by atoms with E-state index in [0.29, 0.717) is 5.75 Å². The molecule has 0 bridgehead atoms. The van der Waals surface area contributed by atoms with E-state index in [1.165, 1.54) is 10.5 Å². The number of para-hydroxylation sites is 1. The van der Waals surface area contributed by atoms with Crippen molar-refractivity contribution in [2.75, 3.05) is 20.7 Å². The average molecular weight is 415 g/mol. The molecule has 0 heterocycles. The van der Waals surface area contributed by atoms with Crippen molar-refractivity contribution in [3.05, 3.63) is 65.7 Å². The van der Waals surface area contributed by atoms with Crippen LogP contribution in [-0.2, 0) is 15.3 Å². The molecule has 2 atom stereocenters. The highest BCUT2D eigenvalue weighted by molar-refractivity contribution is 7.99. The molecule has 0 saturated heterocycles. The maximum Gasteiger partial charge on any atom is 0.259 e. The van der Waals surface area contributed by atoms with E-state index in [9.17, 15) is 9.59 Å². The molecule has 0 aromatic heterocycles. The van der Waals surface area contributed by atoms with Crippen molar-refractivity contribution < 1.29 is 14.3 Å². The molecule has 6 heteroatoms. The predicted octanol–water partition coefficient (Wildman–Crippen LogP) is 4.04. The summed E-state index contributed by atoms with van der Waals surface area (Å²) in [6.45, 7) is 3.92. The zero-order valence-electron chi connectivity index (χ0n) is 17.6. The zero-order chi connectivity index (χ0) is 21.2. The molecule has 0 aliphatic carbocycles. The lowest BCUT2D eigenvalue weighted by atomic mass is 10.0. The lowest BCUT2D eigenvalue weighted by Crippen LogP contribution is -2.34. The minimum atomic E-state index is -0.173. The molecule has 0 aliphatic heterocycles. The van der Waals surface area contributed by atoms with Crippen LogP contribution in [0.3, 0.4) is 0 Å². The average Bonchev–Trinajstić information content (AvgIpc) is 2.74. The number of nitrogens with one attached hydrogen (secondary N) is 1. The highest BCUT2D eigenvalue weighted by atomic mass is 32.2. The number of benzene rings is 2. The van der Waals surface area contributed by atoms with Gasteiger partial charge in [0, 0.05) is 25.4 Å². The maximum absolute atomic E-state index is 12.7. The molecule has 2 unspecified atom stereocenters. The van der Waals surface area contributed by atoms with Gasteiger partial charge in [0.1, 0.15) is 5.75 Å². The third-order valence-corrected chi connectivity index (χ3v) is 5.80. The molecule has 29 heavy (non-hydrogen) atoms. The van der Waals surface area contributed by atoms with E-state index in [2.05, 4.69) is 17.4 Å².